The number of rotatable bonds is 5. The van der Waals surface area contributed by atoms with Crippen molar-refractivity contribution in [3.8, 4) is 0 Å². The summed E-state index contributed by atoms with van der Waals surface area (Å²) in [5.74, 6) is 0.572. The zero-order valence-corrected chi connectivity index (χ0v) is 20.6. The van der Waals surface area contributed by atoms with Crippen LogP contribution in [0.4, 0.5) is 0 Å². The number of amides is 1. The quantitative estimate of drug-likeness (QED) is 0.550. The zero-order valence-electron chi connectivity index (χ0n) is 20.6. The number of hydrogen-bond acceptors (Lipinski definition) is 3. The summed E-state index contributed by atoms with van der Waals surface area (Å²) in [5.41, 5.74) is 3.55. The van der Waals surface area contributed by atoms with E-state index >= 15 is 0 Å². The first-order valence-corrected chi connectivity index (χ1v) is 12.9. The second-order valence-electron chi connectivity index (χ2n) is 12.3. The minimum atomic E-state index is -0.305. The molecule has 1 amide bonds. The molecule has 4 aliphatic rings. The molecule has 7 atom stereocenters. The van der Waals surface area contributed by atoms with Crippen molar-refractivity contribution >= 4 is 5.91 Å². The number of aliphatic hydroxyl groups is 2. The van der Waals surface area contributed by atoms with Crippen LogP contribution in [0.1, 0.15) is 81.1 Å². The van der Waals surface area contributed by atoms with E-state index in [1.807, 2.05) is 31.2 Å². The maximum atomic E-state index is 13.2. The summed E-state index contributed by atoms with van der Waals surface area (Å²) in [5, 5.41) is 24.1. The van der Waals surface area contributed by atoms with Crippen molar-refractivity contribution in [2.24, 2.45) is 33.5 Å². The number of carbonyl (C=O) groups is 1. The fraction of sp³-hybridized carbons (Fsp3) is 0.690. The molecule has 0 bridgehead atoms. The third kappa shape index (κ3) is 3.06. The standard InChI is InChI=1S/C29H41NO3/c1-19-7-5-6-8-23(19)25(33)30-18-28-17-29(28)14-9-20(2)27(29,4)13-11-24(28)26(3)12-10-22(32)15-21(26)16-31/h5-8,21-22,24,31-32H,2,9-18H2,1,3-4H3,(H,30,33)/t21-,22+,24-,26+,27-,28?,29+/m1/s1. The molecule has 1 unspecified atom stereocenters. The Kier molecular flexibility index (Phi) is 5.38. The van der Waals surface area contributed by atoms with Crippen LogP contribution in [-0.4, -0.2) is 35.4 Å². The molecule has 1 aromatic carbocycles. The summed E-state index contributed by atoms with van der Waals surface area (Å²) in [6.45, 7) is 12.1. The van der Waals surface area contributed by atoms with Crippen molar-refractivity contribution in [3.63, 3.8) is 0 Å². The molecule has 0 radical (unpaired) electrons. The van der Waals surface area contributed by atoms with Gasteiger partial charge in [0.25, 0.3) is 5.91 Å². The summed E-state index contributed by atoms with van der Waals surface area (Å²) in [4.78, 5) is 13.2. The number of hydrogen-bond donors (Lipinski definition) is 3. The van der Waals surface area contributed by atoms with Gasteiger partial charge in [-0.2, -0.15) is 0 Å². The smallest absolute Gasteiger partial charge is 0.251 e. The fourth-order valence-electron chi connectivity index (χ4n) is 9.03. The minimum Gasteiger partial charge on any atom is -0.396 e. The molecular formula is C29H41NO3. The van der Waals surface area contributed by atoms with Gasteiger partial charge in [-0.15, -0.1) is 0 Å². The second kappa shape index (κ2) is 7.68. The number of carbonyl (C=O) groups excluding carboxylic acids is 1. The Hall–Kier alpha value is -1.65. The van der Waals surface area contributed by atoms with Crippen molar-refractivity contribution in [2.45, 2.75) is 78.2 Å². The molecule has 3 N–H and O–H groups in total. The SMILES string of the molecule is C=C1CC[C@@]23CC2(CNC(=O)c2ccccc2C)[C@@H]([C@@]2(C)CC[C@H](O)C[C@@H]2CO)CC[C@]13C. The summed E-state index contributed by atoms with van der Waals surface area (Å²) in [6, 6.07) is 7.81. The van der Waals surface area contributed by atoms with Gasteiger partial charge in [-0.1, -0.05) is 44.2 Å². The molecule has 5 rings (SSSR count). The summed E-state index contributed by atoms with van der Waals surface area (Å²) in [6.07, 6.45) is 7.81. The molecule has 4 aliphatic carbocycles. The fourth-order valence-corrected chi connectivity index (χ4v) is 9.03. The third-order valence-corrected chi connectivity index (χ3v) is 11.2. The highest BCUT2D eigenvalue weighted by Crippen LogP contribution is 2.87. The molecule has 33 heavy (non-hydrogen) atoms. The van der Waals surface area contributed by atoms with Crippen LogP contribution in [-0.2, 0) is 0 Å². The molecule has 0 aromatic heterocycles. The average molecular weight is 452 g/mol. The van der Waals surface area contributed by atoms with Gasteiger partial charge in [0.2, 0.25) is 0 Å². The lowest BCUT2D eigenvalue weighted by atomic mass is 9.49. The van der Waals surface area contributed by atoms with Gasteiger partial charge in [-0.3, -0.25) is 4.79 Å². The van der Waals surface area contributed by atoms with Gasteiger partial charge in [-0.05, 0) is 103 Å². The number of allylic oxidation sites excluding steroid dienone is 1. The molecule has 4 heteroatoms. The molecule has 0 aliphatic heterocycles. The lowest BCUT2D eigenvalue weighted by Gasteiger charge is -2.56. The van der Waals surface area contributed by atoms with E-state index < -0.39 is 0 Å². The number of aryl methyl sites for hydroxylation is 1. The van der Waals surface area contributed by atoms with E-state index in [2.05, 4.69) is 25.7 Å². The van der Waals surface area contributed by atoms with Gasteiger partial charge in [0.1, 0.15) is 0 Å². The van der Waals surface area contributed by atoms with Crippen molar-refractivity contribution in [3.05, 3.63) is 47.5 Å². The topological polar surface area (TPSA) is 69.6 Å². The Labute approximate surface area is 198 Å². The van der Waals surface area contributed by atoms with Crippen LogP contribution >= 0.6 is 0 Å². The van der Waals surface area contributed by atoms with Crippen molar-refractivity contribution in [1.29, 1.82) is 0 Å². The minimum absolute atomic E-state index is 0.0177. The van der Waals surface area contributed by atoms with E-state index in [0.717, 1.165) is 49.7 Å². The summed E-state index contributed by atoms with van der Waals surface area (Å²) >= 11 is 0. The van der Waals surface area contributed by atoms with Crippen LogP contribution in [0, 0.1) is 40.4 Å². The van der Waals surface area contributed by atoms with Crippen LogP contribution < -0.4 is 5.32 Å². The van der Waals surface area contributed by atoms with Crippen LogP contribution in [0.2, 0.25) is 0 Å². The molecule has 0 saturated heterocycles. The van der Waals surface area contributed by atoms with E-state index in [1.54, 1.807) is 0 Å². The number of benzene rings is 1. The second-order valence-corrected chi connectivity index (χ2v) is 12.3. The van der Waals surface area contributed by atoms with E-state index in [4.69, 9.17) is 0 Å². The van der Waals surface area contributed by atoms with Gasteiger partial charge in [0, 0.05) is 18.7 Å². The van der Waals surface area contributed by atoms with Gasteiger partial charge < -0.3 is 15.5 Å². The van der Waals surface area contributed by atoms with Gasteiger partial charge in [-0.25, -0.2) is 0 Å². The maximum absolute atomic E-state index is 13.2. The number of nitrogens with one attached hydrogen (secondary N) is 1. The normalized spacial score (nSPS) is 44.2. The maximum Gasteiger partial charge on any atom is 0.251 e. The summed E-state index contributed by atoms with van der Waals surface area (Å²) in [7, 11) is 0. The Bertz CT molecular complexity index is 973. The van der Waals surface area contributed by atoms with Gasteiger partial charge in [0.15, 0.2) is 0 Å². The van der Waals surface area contributed by atoms with Gasteiger partial charge in [0.05, 0.1) is 6.10 Å². The Balaban J connectivity index is 1.49. The largest absolute Gasteiger partial charge is 0.396 e. The van der Waals surface area contributed by atoms with Crippen molar-refractivity contribution in [1.82, 2.24) is 5.32 Å². The molecule has 180 valence electrons. The molecule has 1 aromatic rings. The van der Waals surface area contributed by atoms with Crippen LogP contribution in [0.15, 0.2) is 36.4 Å². The lowest BCUT2D eigenvalue weighted by Crippen LogP contribution is -2.53. The first kappa shape index (κ1) is 23.1. The average Bonchev–Trinajstić information content (AvgIpc) is 3.42. The predicted octanol–water partition coefficient (Wildman–Crippen LogP) is 5.03. The molecule has 0 heterocycles. The Morgan fingerprint density at radius 1 is 1.18 bits per heavy atom. The van der Waals surface area contributed by atoms with E-state index in [9.17, 15) is 15.0 Å². The molecule has 1 spiro atoms. The Morgan fingerprint density at radius 2 is 1.94 bits per heavy atom. The molecular weight excluding hydrogens is 410 g/mol. The molecule has 4 fully saturated rings. The van der Waals surface area contributed by atoms with Crippen LogP contribution in [0.5, 0.6) is 0 Å². The Morgan fingerprint density at radius 3 is 2.67 bits per heavy atom. The monoisotopic (exact) mass is 451 g/mol. The third-order valence-electron chi connectivity index (χ3n) is 11.2. The highest BCUT2D eigenvalue weighted by molar-refractivity contribution is 5.95. The van der Waals surface area contributed by atoms with E-state index in [0.29, 0.717) is 18.9 Å². The summed E-state index contributed by atoms with van der Waals surface area (Å²) < 4.78 is 0. The first-order valence-electron chi connectivity index (χ1n) is 12.9. The number of aliphatic hydroxyl groups excluding tert-OH is 2. The zero-order chi connectivity index (χ0) is 23.6. The van der Waals surface area contributed by atoms with Crippen LogP contribution in [0.3, 0.4) is 0 Å². The molecule has 4 nitrogen and oxygen atoms in total. The van der Waals surface area contributed by atoms with Crippen LogP contribution in [0.25, 0.3) is 0 Å². The highest BCUT2D eigenvalue weighted by atomic mass is 16.3. The van der Waals surface area contributed by atoms with E-state index in [-0.39, 0.29) is 46.2 Å². The van der Waals surface area contributed by atoms with Crippen molar-refractivity contribution < 1.29 is 15.0 Å². The first-order chi connectivity index (χ1) is 15.6. The van der Waals surface area contributed by atoms with E-state index in [1.165, 1.54) is 12.0 Å². The highest BCUT2D eigenvalue weighted by Gasteiger charge is 2.81. The van der Waals surface area contributed by atoms with Gasteiger partial charge >= 0.3 is 0 Å². The predicted molar refractivity (Wildman–Crippen MR) is 131 cm³/mol. The molecule has 4 saturated carbocycles. The van der Waals surface area contributed by atoms with Crippen molar-refractivity contribution in [2.75, 3.05) is 13.2 Å². The lowest BCUT2D eigenvalue weighted by molar-refractivity contribution is -0.0942.